The van der Waals surface area contributed by atoms with Gasteiger partial charge in [-0.3, -0.25) is 4.79 Å². The minimum absolute atomic E-state index is 0.0142. The lowest BCUT2D eigenvalue weighted by Crippen LogP contribution is -2.10. The van der Waals surface area contributed by atoms with E-state index in [0.29, 0.717) is 40.6 Å². The number of unbranched alkanes of at least 4 members (excludes halogenated alkanes) is 1. The van der Waals surface area contributed by atoms with Crippen LogP contribution in [0.25, 0.3) is 11.3 Å². The monoisotopic (exact) mass is 491 g/mol. The first kappa shape index (κ1) is 25.6. The molecule has 34 heavy (non-hydrogen) atoms. The molecule has 3 rings (SSSR count). The van der Waals surface area contributed by atoms with Crippen molar-refractivity contribution in [3.63, 3.8) is 0 Å². The average Bonchev–Trinajstić information content (AvgIpc) is 2.80. The van der Waals surface area contributed by atoms with E-state index in [9.17, 15) is 18.0 Å². The summed E-state index contributed by atoms with van der Waals surface area (Å²) in [6.45, 7) is 2.07. The topological polar surface area (TPSA) is 59.4 Å². The first-order valence-corrected chi connectivity index (χ1v) is 11.4. The number of aromatic nitrogens is 1. The Labute approximate surface area is 201 Å². The normalized spacial score (nSPS) is 12.4. The van der Waals surface area contributed by atoms with Gasteiger partial charge >= 0.3 is 12.1 Å². The molecule has 0 spiro atoms. The van der Waals surface area contributed by atoms with E-state index in [1.807, 2.05) is 6.07 Å². The van der Waals surface area contributed by atoms with Crippen LogP contribution in [-0.2, 0) is 17.4 Å². The molecule has 0 saturated heterocycles. The van der Waals surface area contributed by atoms with Crippen LogP contribution < -0.4 is 4.74 Å². The third-order valence-electron chi connectivity index (χ3n) is 5.34. The number of rotatable bonds is 10. The summed E-state index contributed by atoms with van der Waals surface area (Å²) in [6, 6.07) is 15.5. The molecule has 0 amide bonds. The Hall–Kier alpha value is -3.06. The zero-order valence-electron chi connectivity index (χ0n) is 18.6. The van der Waals surface area contributed by atoms with Crippen molar-refractivity contribution in [3.05, 3.63) is 82.5 Å². The SMILES string of the molecule is CCCCC(Oc1ccc(CCC(=O)O)c(Cl)c1)c1cccc(-c2ccc(C(F)(F)F)cc2)n1. The Bertz CT molecular complexity index is 1120. The molecule has 0 aliphatic rings. The maximum Gasteiger partial charge on any atom is 0.416 e. The lowest BCUT2D eigenvalue weighted by molar-refractivity contribution is -0.138. The number of ether oxygens (including phenoxy) is 1. The molecule has 2 aromatic carbocycles. The summed E-state index contributed by atoms with van der Waals surface area (Å²) in [5.41, 5.74) is 1.81. The third-order valence-corrected chi connectivity index (χ3v) is 5.69. The Kier molecular flexibility index (Phi) is 8.56. The Morgan fingerprint density at radius 1 is 1.12 bits per heavy atom. The maximum atomic E-state index is 12.9. The van der Waals surface area contributed by atoms with Crippen molar-refractivity contribution in [1.29, 1.82) is 0 Å². The van der Waals surface area contributed by atoms with Crippen LogP contribution in [0.4, 0.5) is 13.2 Å². The fourth-order valence-electron chi connectivity index (χ4n) is 3.49. The first-order valence-electron chi connectivity index (χ1n) is 11.0. The Morgan fingerprint density at radius 3 is 2.47 bits per heavy atom. The van der Waals surface area contributed by atoms with E-state index in [2.05, 4.69) is 11.9 Å². The summed E-state index contributed by atoms with van der Waals surface area (Å²) in [6.07, 6.45) is -1.93. The number of benzene rings is 2. The van der Waals surface area contributed by atoms with Gasteiger partial charge in [-0.25, -0.2) is 4.98 Å². The molecule has 0 aliphatic carbocycles. The van der Waals surface area contributed by atoms with Crippen molar-refractivity contribution in [2.75, 3.05) is 0 Å². The van der Waals surface area contributed by atoms with Crippen LogP contribution in [0.1, 0.15) is 55.5 Å². The standard InChI is InChI=1S/C26H25ClF3NO3/c1-2-3-7-24(34-20-14-10-17(21(27)16-20)11-15-25(32)33)23-6-4-5-22(31-23)18-8-12-19(13-9-18)26(28,29)30/h4-6,8-10,12-14,16,24H,2-3,7,11,15H2,1H3,(H,32,33). The number of halogens is 4. The Morgan fingerprint density at radius 2 is 1.85 bits per heavy atom. The fraction of sp³-hybridized carbons (Fsp3) is 0.308. The van der Waals surface area contributed by atoms with Crippen molar-refractivity contribution in [2.24, 2.45) is 0 Å². The number of carboxylic acid groups (broad SMARTS) is 1. The second kappa shape index (κ2) is 11.4. The summed E-state index contributed by atoms with van der Waals surface area (Å²) in [5, 5.41) is 9.31. The molecule has 1 heterocycles. The predicted molar refractivity (Wildman–Crippen MR) is 125 cm³/mol. The molecule has 0 saturated carbocycles. The highest BCUT2D eigenvalue weighted by Crippen LogP contribution is 2.32. The van der Waals surface area contributed by atoms with Gasteiger partial charge in [-0.2, -0.15) is 13.2 Å². The van der Waals surface area contributed by atoms with Crippen molar-refractivity contribution >= 4 is 17.6 Å². The molecule has 1 aromatic heterocycles. The van der Waals surface area contributed by atoms with Crippen molar-refractivity contribution in [1.82, 2.24) is 4.98 Å². The number of pyridine rings is 1. The highest BCUT2D eigenvalue weighted by atomic mass is 35.5. The van der Waals surface area contributed by atoms with Crippen LogP contribution in [0.3, 0.4) is 0 Å². The number of carboxylic acids is 1. The van der Waals surface area contributed by atoms with Gasteiger partial charge in [0.05, 0.1) is 17.0 Å². The number of hydrogen-bond acceptors (Lipinski definition) is 3. The van der Waals surface area contributed by atoms with Crippen LogP contribution >= 0.6 is 11.6 Å². The molecule has 0 aliphatic heterocycles. The number of hydrogen-bond donors (Lipinski definition) is 1. The predicted octanol–water partition coefficient (Wildman–Crippen LogP) is 7.75. The van der Waals surface area contributed by atoms with Crippen LogP contribution in [0.2, 0.25) is 5.02 Å². The summed E-state index contributed by atoms with van der Waals surface area (Å²) in [4.78, 5) is 15.5. The summed E-state index contributed by atoms with van der Waals surface area (Å²) in [7, 11) is 0. The van der Waals surface area contributed by atoms with Crippen LogP contribution in [-0.4, -0.2) is 16.1 Å². The smallest absolute Gasteiger partial charge is 0.416 e. The molecule has 4 nitrogen and oxygen atoms in total. The summed E-state index contributed by atoms with van der Waals surface area (Å²) < 4.78 is 44.9. The minimum Gasteiger partial charge on any atom is -0.484 e. The van der Waals surface area contributed by atoms with Gasteiger partial charge < -0.3 is 9.84 Å². The van der Waals surface area contributed by atoms with Crippen molar-refractivity contribution in [3.8, 4) is 17.0 Å². The molecule has 1 atom stereocenters. The van der Waals surface area contributed by atoms with E-state index in [4.69, 9.17) is 21.4 Å². The number of carbonyl (C=O) groups is 1. The van der Waals surface area contributed by atoms with Gasteiger partial charge in [-0.15, -0.1) is 0 Å². The zero-order valence-corrected chi connectivity index (χ0v) is 19.4. The molecule has 180 valence electrons. The fourth-order valence-corrected chi connectivity index (χ4v) is 3.75. The molecular formula is C26H25ClF3NO3. The van der Waals surface area contributed by atoms with E-state index in [0.717, 1.165) is 30.5 Å². The molecule has 1 unspecified atom stereocenters. The number of aliphatic carboxylic acids is 1. The van der Waals surface area contributed by atoms with Gasteiger partial charge in [-0.1, -0.05) is 49.2 Å². The molecule has 0 radical (unpaired) electrons. The lowest BCUT2D eigenvalue weighted by Gasteiger charge is -2.20. The first-order chi connectivity index (χ1) is 16.2. The van der Waals surface area contributed by atoms with Gasteiger partial charge in [0.15, 0.2) is 0 Å². The second-order valence-electron chi connectivity index (χ2n) is 7.92. The van der Waals surface area contributed by atoms with Crippen molar-refractivity contribution in [2.45, 2.75) is 51.3 Å². The van der Waals surface area contributed by atoms with Gasteiger partial charge in [0.2, 0.25) is 0 Å². The van der Waals surface area contributed by atoms with Gasteiger partial charge in [0, 0.05) is 17.0 Å². The van der Waals surface area contributed by atoms with E-state index < -0.39 is 17.7 Å². The van der Waals surface area contributed by atoms with Crippen molar-refractivity contribution < 1.29 is 27.8 Å². The number of nitrogens with zero attached hydrogens (tertiary/aromatic N) is 1. The molecule has 8 heteroatoms. The summed E-state index contributed by atoms with van der Waals surface area (Å²) in [5.74, 6) is -0.359. The average molecular weight is 492 g/mol. The van der Waals surface area contributed by atoms with Gasteiger partial charge in [0.25, 0.3) is 0 Å². The quantitative estimate of drug-likeness (QED) is 0.315. The zero-order chi connectivity index (χ0) is 24.7. The molecular weight excluding hydrogens is 467 g/mol. The number of aryl methyl sites for hydroxylation is 1. The molecule has 1 N–H and O–H groups in total. The minimum atomic E-state index is -4.39. The van der Waals surface area contributed by atoms with Gasteiger partial charge in [0.1, 0.15) is 11.9 Å². The van der Waals surface area contributed by atoms with E-state index >= 15 is 0 Å². The van der Waals surface area contributed by atoms with E-state index in [-0.39, 0.29) is 12.5 Å². The van der Waals surface area contributed by atoms with Crippen LogP contribution in [0.15, 0.2) is 60.7 Å². The van der Waals surface area contributed by atoms with Gasteiger partial charge in [-0.05, 0) is 61.2 Å². The lowest BCUT2D eigenvalue weighted by atomic mass is 10.1. The highest BCUT2D eigenvalue weighted by Gasteiger charge is 2.30. The third kappa shape index (κ3) is 6.97. The number of alkyl halides is 3. The maximum absolute atomic E-state index is 12.9. The highest BCUT2D eigenvalue weighted by molar-refractivity contribution is 6.31. The largest absolute Gasteiger partial charge is 0.484 e. The molecule has 0 bridgehead atoms. The van der Waals surface area contributed by atoms with Crippen LogP contribution in [0.5, 0.6) is 5.75 Å². The van der Waals surface area contributed by atoms with E-state index in [1.54, 1.807) is 30.3 Å². The molecule has 0 fully saturated rings. The van der Waals surface area contributed by atoms with Crippen LogP contribution in [0, 0.1) is 0 Å². The second-order valence-corrected chi connectivity index (χ2v) is 8.33. The van der Waals surface area contributed by atoms with E-state index in [1.165, 1.54) is 12.1 Å². The molecule has 3 aromatic rings. The Balaban J connectivity index is 1.83. The summed E-state index contributed by atoms with van der Waals surface area (Å²) >= 11 is 6.33.